The van der Waals surface area contributed by atoms with Crippen molar-refractivity contribution in [1.82, 2.24) is 29.9 Å². The molecule has 1 saturated heterocycles. The highest BCUT2D eigenvalue weighted by Crippen LogP contribution is 2.25. The van der Waals surface area contributed by atoms with Gasteiger partial charge in [0.2, 0.25) is 0 Å². The van der Waals surface area contributed by atoms with Gasteiger partial charge >= 0.3 is 0 Å². The van der Waals surface area contributed by atoms with Crippen molar-refractivity contribution in [2.24, 2.45) is 0 Å². The Hall–Kier alpha value is -3.81. The maximum atomic E-state index is 12.7. The Kier molecular flexibility index (Phi) is 7.21. The molecule has 36 heavy (non-hydrogen) atoms. The molecule has 2 aliphatic rings. The van der Waals surface area contributed by atoms with Gasteiger partial charge in [-0.2, -0.15) is 10.4 Å². The van der Waals surface area contributed by atoms with Crippen LogP contribution in [0.3, 0.4) is 0 Å². The number of nitriles is 1. The summed E-state index contributed by atoms with van der Waals surface area (Å²) in [6.07, 6.45) is 10.3. The molecule has 1 aliphatic heterocycles. The van der Waals surface area contributed by atoms with E-state index in [2.05, 4.69) is 31.4 Å². The van der Waals surface area contributed by atoms with Crippen molar-refractivity contribution in [1.29, 1.82) is 5.26 Å². The van der Waals surface area contributed by atoms with Crippen LogP contribution in [0.5, 0.6) is 0 Å². The van der Waals surface area contributed by atoms with Gasteiger partial charge in [0.25, 0.3) is 5.56 Å². The first-order valence-electron chi connectivity index (χ1n) is 12.5. The van der Waals surface area contributed by atoms with Crippen molar-refractivity contribution >= 4 is 22.5 Å². The van der Waals surface area contributed by atoms with E-state index in [1.807, 2.05) is 17.0 Å². The molecule has 2 fully saturated rings. The van der Waals surface area contributed by atoms with Crippen molar-refractivity contribution < 1.29 is 5.11 Å². The van der Waals surface area contributed by atoms with Crippen LogP contribution in [0.25, 0.3) is 27.9 Å². The molecule has 3 N–H and O–H groups in total. The quantitative estimate of drug-likeness (QED) is 0.393. The molecule has 4 aromatic heterocycles. The first-order chi connectivity index (χ1) is 17.6. The zero-order chi connectivity index (χ0) is 24.9. The lowest BCUT2D eigenvalue weighted by atomic mass is 9.98. The second-order valence-electron chi connectivity index (χ2n) is 9.25. The standard InChI is InChI=1S/C20H18N8O.C6H12O/c21-11-13-4-8-28-17(10-13)14(12-23-28)15-2-3-16-18(24-15)26-20(29)19(25-16)27-7-1-5-22-6-9-27;7-6-4-2-1-3-5-6/h2-4,8,10,12,22H,1,5-7,9H2,(H,24,26,29);6-7H,1-5H2. The van der Waals surface area contributed by atoms with Crippen LogP contribution in [0.1, 0.15) is 44.1 Å². The van der Waals surface area contributed by atoms with Crippen LogP contribution in [-0.4, -0.2) is 62.0 Å². The maximum absolute atomic E-state index is 12.7. The molecule has 0 unspecified atom stereocenters. The molecule has 5 heterocycles. The zero-order valence-corrected chi connectivity index (χ0v) is 20.2. The summed E-state index contributed by atoms with van der Waals surface area (Å²) < 4.78 is 1.69. The number of rotatable bonds is 2. The smallest absolute Gasteiger partial charge is 0.292 e. The Balaban J connectivity index is 0.000000330. The number of aliphatic hydroxyl groups excluding tert-OH is 1. The van der Waals surface area contributed by atoms with Gasteiger partial charge in [-0.15, -0.1) is 0 Å². The minimum absolute atomic E-state index is 0.0359. The molecule has 0 aromatic carbocycles. The monoisotopic (exact) mass is 486 g/mol. The molecular formula is C26H30N8O2. The SMILES string of the molecule is N#Cc1ccn2ncc(-c3ccc4nc(N5CCCNCC5)c(=O)[nH]c4n3)c2c1.OC1CCCCC1. The second kappa shape index (κ2) is 10.8. The summed E-state index contributed by atoms with van der Waals surface area (Å²) in [6, 6.07) is 9.33. The molecule has 10 nitrogen and oxygen atoms in total. The van der Waals surface area contributed by atoms with Crippen molar-refractivity contribution in [3.05, 3.63) is 52.6 Å². The highest BCUT2D eigenvalue weighted by atomic mass is 16.3. The number of nitrogens with zero attached hydrogens (tertiary/aromatic N) is 6. The Morgan fingerprint density at radius 1 is 1.06 bits per heavy atom. The fourth-order valence-corrected chi connectivity index (χ4v) is 4.71. The Labute approximate surface area is 208 Å². The summed E-state index contributed by atoms with van der Waals surface area (Å²) in [5.41, 5.74) is 3.59. The number of fused-ring (bicyclic) bond motifs is 2. The van der Waals surface area contributed by atoms with Crippen molar-refractivity contribution in [2.45, 2.75) is 44.6 Å². The fraction of sp³-hybridized carbons (Fsp3) is 0.423. The van der Waals surface area contributed by atoms with E-state index in [4.69, 9.17) is 10.4 Å². The van der Waals surface area contributed by atoms with Crippen LogP contribution in [0.2, 0.25) is 0 Å². The number of aliphatic hydroxyl groups is 1. The molecule has 0 atom stereocenters. The lowest BCUT2D eigenvalue weighted by Gasteiger charge is -2.20. The molecule has 1 aliphatic carbocycles. The molecule has 0 amide bonds. The number of anilines is 1. The van der Waals surface area contributed by atoms with Gasteiger partial charge in [-0.3, -0.25) is 4.79 Å². The number of hydrogen-bond donors (Lipinski definition) is 3. The summed E-state index contributed by atoms with van der Waals surface area (Å²) in [6.45, 7) is 3.32. The summed E-state index contributed by atoms with van der Waals surface area (Å²) >= 11 is 0. The van der Waals surface area contributed by atoms with Gasteiger partial charge in [-0.05, 0) is 50.1 Å². The van der Waals surface area contributed by atoms with E-state index in [1.165, 1.54) is 19.3 Å². The van der Waals surface area contributed by atoms with E-state index in [1.54, 1.807) is 29.0 Å². The third-order valence-electron chi connectivity index (χ3n) is 6.68. The number of aromatic nitrogens is 5. The molecular weight excluding hydrogens is 456 g/mol. The van der Waals surface area contributed by atoms with Gasteiger partial charge in [0.05, 0.1) is 35.1 Å². The normalized spacial score (nSPS) is 16.8. The van der Waals surface area contributed by atoms with Gasteiger partial charge in [0.15, 0.2) is 11.5 Å². The third kappa shape index (κ3) is 5.22. The van der Waals surface area contributed by atoms with E-state index in [9.17, 15) is 4.79 Å². The Morgan fingerprint density at radius 3 is 2.69 bits per heavy atom. The maximum Gasteiger partial charge on any atom is 0.292 e. The average molecular weight is 487 g/mol. The molecule has 0 bridgehead atoms. The molecule has 1 saturated carbocycles. The molecule has 186 valence electrons. The van der Waals surface area contributed by atoms with E-state index in [0.717, 1.165) is 56.5 Å². The lowest BCUT2D eigenvalue weighted by Crippen LogP contribution is -2.33. The number of nitrogens with one attached hydrogen (secondary N) is 2. The minimum Gasteiger partial charge on any atom is -0.393 e. The van der Waals surface area contributed by atoms with Gasteiger partial charge < -0.3 is 20.3 Å². The molecule has 0 radical (unpaired) electrons. The van der Waals surface area contributed by atoms with Gasteiger partial charge in [0.1, 0.15) is 5.52 Å². The first kappa shape index (κ1) is 23.9. The second-order valence-corrected chi connectivity index (χ2v) is 9.25. The third-order valence-corrected chi connectivity index (χ3v) is 6.68. The van der Waals surface area contributed by atoms with Crippen LogP contribution in [0.4, 0.5) is 5.82 Å². The van der Waals surface area contributed by atoms with Gasteiger partial charge in [-0.1, -0.05) is 19.3 Å². The summed E-state index contributed by atoms with van der Waals surface area (Å²) in [4.78, 5) is 26.7. The van der Waals surface area contributed by atoms with Crippen molar-refractivity contribution in [3.63, 3.8) is 0 Å². The Morgan fingerprint density at radius 2 is 1.92 bits per heavy atom. The summed E-state index contributed by atoms with van der Waals surface area (Å²) in [5.74, 6) is 0.436. The van der Waals surface area contributed by atoms with Crippen LogP contribution in [0, 0.1) is 11.3 Å². The molecule has 4 aromatic rings. The summed E-state index contributed by atoms with van der Waals surface area (Å²) in [7, 11) is 0. The molecule has 0 spiro atoms. The number of hydrogen-bond acceptors (Lipinski definition) is 8. The fourth-order valence-electron chi connectivity index (χ4n) is 4.71. The topological polar surface area (TPSA) is 135 Å². The van der Waals surface area contributed by atoms with Gasteiger partial charge in [-0.25, -0.2) is 14.5 Å². The van der Waals surface area contributed by atoms with E-state index in [-0.39, 0.29) is 11.7 Å². The summed E-state index contributed by atoms with van der Waals surface area (Å²) in [5, 5.41) is 25.7. The van der Waals surface area contributed by atoms with Crippen LogP contribution >= 0.6 is 0 Å². The van der Waals surface area contributed by atoms with Crippen LogP contribution < -0.4 is 15.8 Å². The minimum atomic E-state index is -0.240. The number of pyridine rings is 2. The highest BCUT2D eigenvalue weighted by molar-refractivity contribution is 5.82. The predicted octanol–water partition coefficient (Wildman–Crippen LogP) is 2.62. The van der Waals surface area contributed by atoms with E-state index in [0.29, 0.717) is 28.2 Å². The predicted molar refractivity (Wildman–Crippen MR) is 138 cm³/mol. The molecule has 6 rings (SSSR count). The largest absolute Gasteiger partial charge is 0.393 e. The van der Waals surface area contributed by atoms with Crippen molar-refractivity contribution in [2.75, 3.05) is 31.1 Å². The van der Waals surface area contributed by atoms with E-state index < -0.39 is 0 Å². The van der Waals surface area contributed by atoms with Crippen LogP contribution in [-0.2, 0) is 0 Å². The van der Waals surface area contributed by atoms with Crippen LogP contribution in [0.15, 0.2) is 41.5 Å². The Bertz CT molecular complexity index is 1440. The number of aromatic amines is 1. The van der Waals surface area contributed by atoms with Crippen molar-refractivity contribution in [3.8, 4) is 17.3 Å². The first-order valence-corrected chi connectivity index (χ1v) is 12.5. The average Bonchev–Trinajstić information content (AvgIpc) is 3.13. The van der Waals surface area contributed by atoms with E-state index >= 15 is 0 Å². The number of H-pyrrole nitrogens is 1. The van der Waals surface area contributed by atoms with Gasteiger partial charge in [0, 0.05) is 31.4 Å². The zero-order valence-electron chi connectivity index (χ0n) is 20.2. The molecule has 10 heteroatoms. The lowest BCUT2D eigenvalue weighted by molar-refractivity contribution is 0.130. The highest BCUT2D eigenvalue weighted by Gasteiger charge is 2.17.